The number of rotatable bonds is 9. The second kappa shape index (κ2) is 14.4. The molecule has 0 aliphatic carbocycles. The number of pyridine rings is 3. The summed E-state index contributed by atoms with van der Waals surface area (Å²) in [5, 5.41) is 0. The summed E-state index contributed by atoms with van der Waals surface area (Å²) in [7, 11) is 0. The summed E-state index contributed by atoms with van der Waals surface area (Å²) in [5.74, 6) is 3.57. The summed E-state index contributed by atoms with van der Waals surface area (Å²) < 4.78 is 0. The van der Waals surface area contributed by atoms with Crippen LogP contribution in [0.2, 0.25) is 0 Å². The molecule has 4 aromatic carbocycles. The standard InChI is InChI=1S/C39H27N6.Ir/c1-5-17-31(18-6-1)43(32-19-7-2-8-20-32)36-26-15-28-38(41-36)45(34-23-11-4-12-24-34)39-29-16-27-37(42-39)44(33-21-9-3-10-22-33)35-25-13-14-30-40-35;/h1-17,19,21,23-30H;/q-3;+3. The van der Waals surface area contributed by atoms with Crippen molar-refractivity contribution in [1.82, 2.24) is 15.0 Å². The summed E-state index contributed by atoms with van der Waals surface area (Å²) in [6.45, 7) is 0. The molecule has 222 valence electrons. The van der Waals surface area contributed by atoms with E-state index in [0.717, 1.165) is 34.4 Å². The van der Waals surface area contributed by atoms with E-state index in [1.54, 1.807) is 6.20 Å². The first-order valence-corrected chi connectivity index (χ1v) is 14.6. The molecule has 0 radical (unpaired) electrons. The number of aromatic nitrogens is 3. The minimum Gasteiger partial charge on any atom is -0.343 e. The molecule has 0 unspecified atom stereocenters. The Balaban J connectivity index is 0.00000372. The van der Waals surface area contributed by atoms with Crippen LogP contribution < -0.4 is 14.7 Å². The van der Waals surface area contributed by atoms with E-state index in [1.807, 2.05) is 155 Å². The van der Waals surface area contributed by atoms with Gasteiger partial charge in [-0.25, -0.2) is 15.0 Å². The largest absolute Gasteiger partial charge is 3.00 e. The average molecular weight is 772 g/mol. The molecule has 0 spiro atoms. The number of nitrogens with zero attached hydrogens (tertiary/aromatic N) is 6. The first kappa shape index (κ1) is 30.4. The predicted molar refractivity (Wildman–Crippen MR) is 180 cm³/mol. The number of benzene rings is 4. The summed E-state index contributed by atoms with van der Waals surface area (Å²) in [6.07, 6.45) is 1.78. The normalized spacial score (nSPS) is 10.4. The van der Waals surface area contributed by atoms with E-state index in [2.05, 4.69) is 40.2 Å². The van der Waals surface area contributed by atoms with Crippen LogP contribution in [-0.2, 0) is 20.1 Å². The van der Waals surface area contributed by atoms with Crippen molar-refractivity contribution in [2.24, 2.45) is 0 Å². The van der Waals surface area contributed by atoms with Crippen LogP contribution in [0.15, 0.2) is 164 Å². The van der Waals surface area contributed by atoms with Crippen LogP contribution in [0.1, 0.15) is 0 Å². The Bertz CT molecular complexity index is 1760. The third-order valence-corrected chi connectivity index (χ3v) is 7.05. The van der Waals surface area contributed by atoms with Crippen molar-refractivity contribution >= 4 is 51.8 Å². The molecular formula is C39H27IrN6. The second-order valence-electron chi connectivity index (χ2n) is 9.98. The maximum absolute atomic E-state index is 5.21. The molecule has 6 nitrogen and oxygen atoms in total. The van der Waals surface area contributed by atoms with Gasteiger partial charge in [0.05, 0.1) is 0 Å². The number of para-hydroxylation sites is 4. The zero-order valence-electron chi connectivity index (χ0n) is 24.6. The molecule has 7 aromatic rings. The molecule has 0 aliphatic rings. The molecule has 0 aliphatic heterocycles. The molecule has 7 rings (SSSR count). The minimum atomic E-state index is 0. The van der Waals surface area contributed by atoms with Crippen LogP contribution in [0.4, 0.5) is 51.8 Å². The van der Waals surface area contributed by atoms with Gasteiger partial charge in [-0.3, -0.25) is 4.90 Å². The van der Waals surface area contributed by atoms with Crippen LogP contribution in [0.5, 0.6) is 0 Å². The molecule has 0 amide bonds. The van der Waals surface area contributed by atoms with Crippen LogP contribution in [0.3, 0.4) is 0 Å². The number of hydrogen-bond donors (Lipinski definition) is 0. The van der Waals surface area contributed by atoms with E-state index in [1.165, 1.54) is 0 Å². The van der Waals surface area contributed by atoms with E-state index in [0.29, 0.717) is 17.5 Å². The van der Waals surface area contributed by atoms with Crippen molar-refractivity contribution in [3.8, 4) is 0 Å². The van der Waals surface area contributed by atoms with Crippen LogP contribution in [0, 0.1) is 18.2 Å². The molecule has 7 heteroatoms. The van der Waals surface area contributed by atoms with Gasteiger partial charge in [0.1, 0.15) is 29.1 Å². The van der Waals surface area contributed by atoms with E-state index in [-0.39, 0.29) is 20.1 Å². The van der Waals surface area contributed by atoms with Gasteiger partial charge in [0.2, 0.25) is 0 Å². The fourth-order valence-corrected chi connectivity index (χ4v) is 5.08. The first-order valence-electron chi connectivity index (χ1n) is 14.6. The molecule has 3 aromatic heterocycles. The zero-order chi connectivity index (χ0) is 30.3. The summed E-state index contributed by atoms with van der Waals surface area (Å²) in [5.41, 5.74) is 3.48. The molecule has 0 fully saturated rings. The molecular weight excluding hydrogens is 745 g/mol. The molecule has 46 heavy (non-hydrogen) atoms. The van der Waals surface area contributed by atoms with Crippen LogP contribution in [-0.4, -0.2) is 15.0 Å². The van der Waals surface area contributed by atoms with E-state index in [4.69, 9.17) is 9.97 Å². The fourth-order valence-electron chi connectivity index (χ4n) is 5.08. The minimum absolute atomic E-state index is 0. The Morgan fingerprint density at radius 1 is 0.370 bits per heavy atom. The monoisotopic (exact) mass is 772 g/mol. The zero-order valence-corrected chi connectivity index (χ0v) is 27.0. The molecule has 0 N–H and O–H groups in total. The molecule has 0 saturated carbocycles. The van der Waals surface area contributed by atoms with Gasteiger partial charge in [0.25, 0.3) is 0 Å². The molecule has 0 saturated heterocycles. The van der Waals surface area contributed by atoms with Gasteiger partial charge in [-0.15, -0.1) is 18.2 Å². The van der Waals surface area contributed by atoms with Crippen molar-refractivity contribution in [2.45, 2.75) is 0 Å². The van der Waals surface area contributed by atoms with Crippen molar-refractivity contribution in [3.63, 3.8) is 0 Å². The van der Waals surface area contributed by atoms with Gasteiger partial charge >= 0.3 is 20.1 Å². The summed E-state index contributed by atoms with van der Waals surface area (Å²) >= 11 is 0. The third kappa shape index (κ3) is 6.56. The Morgan fingerprint density at radius 3 is 1.28 bits per heavy atom. The van der Waals surface area contributed by atoms with Crippen molar-refractivity contribution < 1.29 is 20.1 Å². The summed E-state index contributed by atoms with van der Waals surface area (Å²) in [4.78, 5) is 21.1. The maximum Gasteiger partial charge on any atom is 3.00 e. The van der Waals surface area contributed by atoms with Crippen molar-refractivity contribution in [1.29, 1.82) is 0 Å². The quantitative estimate of drug-likeness (QED) is 0.136. The Kier molecular flexibility index (Phi) is 9.55. The Hall–Kier alpha value is -5.62. The number of hydrogen-bond acceptors (Lipinski definition) is 6. The van der Waals surface area contributed by atoms with Gasteiger partial charge in [-0.05, 0) is 48.5 Å². The van der Waals surface area contributed by atoms with Gasteiger partial charge in [0.15, 0.2) is 0 Å². The first-order chi connectivity index (χ1) is 22.3. The van der Waals surface area contributed by atoms with Crippen molar-refractivity contribution in [2.75, 3.05) is 14.7 Å². The smallest absolute Gasteiger partial charge is 0.343 e. The van der Waals surface area contributed by atoms with Gasteiger partial charge in [-0.2, -0.15) is 72.8 Å². The predicted octanol–water partition coefficient (Wildman–Crippen LogP) is 9.68. The van der Waals surface area contributed by atoms with E-state index < -0.39 is 0 Å². The average Bonchev–Trinajstić information content (AvgIpc) is 3.12. The second-order valence-corrected chi connectivity index (χ2v) is 9.98. The molecule has 0 bridgehead atoms. The summed E-state index contributed by atoms with van der Waals surface area (Å²) in [6, 6.07) is 61.5. The topological polar surface area (TPSA) is 48.4 Å². The van der Waals surface area contributed by atoms with Gasteiger partial charge < -0.3 is 9.80 Å². The Labute approximate surface area is 282 Å². The van der Waals surface area contributed by atoms with Gasteiger partial charge in [0, 0.05) is 11.9 Å². The fraction of sp³-hybridized carbons (Fsp3) is 0. The van der Waals surface area contributed by atoms with Gasteiger partial charge in [-0.1, -0.05) is 53.5 Å². The molecule has 3 heterocycles. The third-order valence-electron chi connectivity index (χ3n) is 7.05. The van der Waals surface area contributed by atoms with E-state index >= 15 is 0 Å². The number of anilines is 9. The van der Waals surface area contributed by atoms with Crippen LogP contribution >= 0.6 is 0 Å². The SMILES string of the molecule is [Ir+3].[c-]1ccccc1N(c1[c-]cccc1)c1cccc(N(c2ccccc2)c2cccc(N(c3[c-]cccc3)c3ccccn3)n2)n1. The maximum atomic E-state index is 5.21. The van der Waals surface area contributed by atoms with Crippen molar-refractivity contribution in [3.05, 3.63) is 182 Å². The van der Waals surface area contributed by atoms with E-state index in [9.17, 15) is 0 Å². The van der Waals surface area contributed by atoms with Crippen LogP contribution in [0.25, 0.3) is 0 Å². The molecule has 0 atom stereocenters. The Morgan fingerprint density at radius 2 is 0.804 bits per heavy atom.